The molecule has 1 amide bonds. The van der Waals surface area contributed by atoms with Gasteiger partial charge in [-0.2, -0.15) is 5.21 Å². The predicted molar refractivity (Wildman–Crippen MR) is 65.6 cm³/mol. The summed E-state index contributed by atoms with van der Waals surface area (Å²) in [6.07, 6.45) is 1.38. The van der Waals surface area contributed by atoms with Crippen molar-refractivity contribution >= 4 is 11.7 Å². The van der Waals surface area contributed by atoms with Crippen LogP contribution in [-0.2, 0) is 5.54 Å². The molecule has 1 aromatic heterocycles. The largest absolute Gasteiger partial charge is 0.380 e. The molecular weight excluding hydrogens is 249 g/mol. The van der Waals surface area contributed by atoms with Crippen molar-refractivity contribution < 1.29 is 9.18 Å². The van der Waals surface area contributed by atoms with Gasteiger partial charge in [0.15, 0.2) is 11.5 Å². The van der Waals surface area contributed by atoms with Gasteiger partial charge < -0.3 is 11.1 Å². The summed E-state index contributed by atoms with van der Waals surface area (Å²) in [7, 11) is 0. The molecule has 0 saturated heterocycles. The number of nitrogens with zero attached hydrogens (tertiary/aromatic N) is 2. The van der Waals surface area contributed by atoms with Crippen LogP contribution in [0, 0.1) is 5.82 Å². The second-order valence-corrected chi connectivity index (χ2v) is 4.57. The van der Waals surface area contributed by atoms with Crippen molar-refractivity contribution in [3.63, 3.8) is 0 Å². The molecule has 1 heterocycles. The zero-order chi connectivity index (χ0) is 13.5. The number of H-pyrrole nitrogens is 1. The van der Waals surface area contributed by atoms with E-state index in [2.05, 4.69) is 20.7 Å². The third-order valence-electron chi connectivity index (χ3n) is 3.28. The van der Waals surface area contributed by atoms with Crippen molar-refractivity contribution in [2.24, 2.45) is 0 Å². The molecule has 7 heteroatoms. The number of benzene rings is 1. The van der Waals surface area contributed by atoms with E-state index in [1.54, 1.807) is 18.2 Å². The van der Waals surface area contributed by atoms with Gasteiger partial charge in [0.2, 0.25) is 0 Å². The Morgan fingerprint density at radius 2 is 2.11 bits per heavy atom. The minimum Gasteiger partial charge on any atom is -0.380 e. The molecular formula is C12H12FN5O. The van der Waals surface area contributed by atoms with E-state index >= 15 is 0 Å². The van der Waals surface area contributed by atoms with Gasteiger partial charge in [0.05, 0.1) is 5.54 Å². The van der Waals surface area contributed by atoms with Gasteiger partial charge in [0.25, 0.3) is 5.91 Å². The summed E-state index contributed by atoms with van der Waals surface area (Å²) in [4.78, 5) is 12.0. The van der Waals surface area contributed by atoms with Gasteiger partial charge in [-0.15, -0.1) is 10.2 Å². The first-order valence-electron chi connectivity index (χ1n) is 5.86. The lowest BCUT2D eigenvalue weighted by Crippen LogP contribution is -2.36. The number of hydrogen-bond acceptors (Lipinski definition) is 4. The van der Waals surface area contributed by atoms with E-state index in [4.69, 9.17) is 5.73 Å². The zero-order valence-corrected chi connectivity index (χ0v) is 9.98. The first-order chi connectivity index (χ1) is 9.12. The summed E-state index contributed by atoms with van der Waals surface area (Å²) in [5.74, 6) is -0.748. The maximum Gasteiger partial charge on any atom is 0.276 e. The Morgan fingerprint density at radius 3 is 2.68 bits per heavy atom. The summed E-state index contributed by atoms with van der Waals surface area (Å²) in [5, 5.41) is 12.3. The number of anilines is 1. The molecule has 1 fully saturated rings. The van der Waals surface area contributed by atoms with Crippen LogP contribution in [0.5, 0.6) is 0 Å². The van der Waals surface area contributed by atoms with Crippen molar-refractivity contribution in [3.8, 4) is 0 Å². The normalized spacial score (nSPS) is 16.1. The monoisotopic (exact) mass is 261 g/mol. The lowest BCUT2D eigenvalue weighted by atomic mass is 10.0. The number of nitrogen functional groups attached to an aromatic ring is 1. The topological polar surface area (TPSA) is 96.7 Å². The molecule has 0 aliphatic heterocycles. The van der Waals surface area contributed by atoms with E-state index in [1.165, 1.54) is 6.07 Å². The Bertz CT molecular complexity index is 635. The summed E-state index contributed by atoms with van der Waals surface area (Å²) < 4.78 is 13.8. The molecule has 0 radical (unpaired) electrons. The molecule has 2 aromatic rings. The highest BCUT2D eigenvalue weighted by molar-refractivity contribution is 5.96. The molecule has 1 aromatic carbocycles. The predicted octanol–water partition coefficient (Wildman–Crippen LogP) is 0.945. The van der Waals surface area contributed by atoms with Gasteiger partial charge >= 0.3 is 0 Å². The number of amides is 1. The summed E-state index contributed by atoms with van der Waals surface area (Å²) in [5.41, 5.74) is 5.39. The van der Waals surface area contributed by atoms with E-state index in [0.717, 1.165) is 0 Å². The van der Waals surface area contributed by atoms with E-state index in [-0.39, 0.29) is 17.3 Å². The van der Waals surface area contributed by atoms with Crippen LogP contribution >= 0.6 is 0 Å². The summed E-state index contributed by atoms with van der Waals surface area (Å²) in [6, 6.07) is 6.42. The van der Waals surface area contributed by atoms with Crippen LogP contribution in [0.15, 0.2) is 24.3 Å². The Labute approximate surface area is 108 Å². The van der Waals surface area contributed by atoms with Crippen molar-refractivity contribution in [2.75, 3.05) is 5.73 Å². The molecule has 3 rings (SSSR count). The second-order valence-electron chi connectivity index (χ2n) is 4.57. The fourth-order valence-electron chi connectivity index (χ4n) is 2.12. The first kappa shape index (κ1) is 11.6. The summed E-state index contributed by atoms with van der Waals surface area (Å²) in [6.45, 7) is 0. The van der Waals surface area contributed by atoms with Crippen LogP contribution in [0.4, 0.5) is 10.2 Å². The molecule has 1 aliphatic carbocycles. The minimum atomic E-state index is -0.645. The average Bonchev–Trinajstić information content (AvgIpc) is 3.02. The van der Waals surface area contributed by atoms with Crippen molar-refractivity contribution in [1.29, 1.82) is 0 Å². The molecule has 0 unspecified atom stereocenters. The Balaban J connectivity index is 1.86. The number of halogens is 1. The molecule has 4 N–H and O–H groups in total. The fraction of sp³-hybridized carbons (Fsp3) is 0.250. The SMILES string of the molecule is Nc1n[nH]nc1C(=O)NC1(c2ccccc2F)CC1. The highest BCUT2D eigenvalue weighted by atomic mass is 19.1. The molecule has 6 nitrogen and oxygen atoms in total. The first-order valence-corrected chi connectivity index (χ1v) is 5.86. The smallest absolute Gasteiger partial charge is 0.276 e. The lowest BCUT2D eigenvalue weighted by molar-refractivity contribution is 0.0926. The number of carbonyl (C=O) groups excluding carboxylic acids is 1. The average molecular weight is 261 g/mol. The standard InChI is InChI=1S/C12H12FN5O/c13-8-4-2-1-3-7(8)12(5-6-12)15-11(19)9-10(14)17-18-16-9/h1-4H,5-6H2,(H,15,19)(H3,14,16,17,18). The van der Waals surface area contributed by atoms with Crippen LogP contribution in [0.3, 0.4) is 0 Å². The third-order valence-corrected chi connectivity index (χ3v) is 3.28. The second kappa shape index (κ2) is 4.04. The Kier molecular flexibility index (Phi) is 2.48. The molecule has 19 heavy (non-hydrogen) atoms. The van der Waals surface area contributed by atoms with Gasteiger partial charge in [0, 0.05) is 5.56 Å². The molecule has 0 spiro atoms. The van der Waals surface area contributed by atoms with Gasteiger partial charge in [-0.3, -0.25) is 4.79 Å². The molecule has 98 valence electrons. The third kappa shape index (κ3) is 1.92. The number of nitrogens with two attached hydrogens (primary N) is 1. The van der Waals surface area contributed by atoms with Crippen LogP contribution in [0.2, 0.25) is 0 Å². The van der Waals surface area contributed by atoms with E-state index in [9.17, 15) is 9.18 Å². The fourth-order valence-corrected chi connectivity index (χ4v) is 2.12. The van der Waals surface area contributed by atoms with Crippen LogP contribution in [-0.4, -0.2) is 21.3 Å². The maximum absolute atomic E-state index is 13.8. The van der Waals surface area contributed by atoms with Crippen molar-refractivity contribution in [3.05, 3.63) is 41.3 Å². The summed E-state index contributed by atoms with van der Waals surface area (Å²) >= 11 is 0. The number of aromatic amines is 1. The van der Waals surface area contributed by atoms with Gasteiger partial charge in [-0.1, -0.05) is 18.2 Å². The van der Waals surface area contributed by atoms with Crippen LogP contribution < -0.4 is 11.1 Å². The van der Waals surface area contributed by atoms with Gasteiger partial charge in [0.1, 0.15) is 5.82 Å². The molecule has 1 aliphatic rings. The Hall–Kier alpha value is -2.44. The number of aromatic nitrogens is 3. The van der Waals surface area contributed by atoms with Crippen LogP contribution in [0.1, 0.15) is 28.9 Å². The quantitative estimate of drug-likeness (QED) is 0.766. The number of carbonyl (C=O) groups is 1. The van der Waals surface area contributed by atoms with Gasteiger partial charge in [-0.25, -0.2) is 4.39 Å². The van der Waals surface area contributed by atoms with E-state index < -0.39 is 11.4 Å². The number of rotatable bonds is 3. The van der Waals surface area contributed by atoms with Crippen LogP contribution in [0.25, 0.3) is 0 Å². The van der Waals surface area contributed by atoms with Crippen molar-refractivity contribution in [2.45, 2.75) is 18.4 Å². The minimum absolute atomic E-state index is 0.0295. The van der Waals surface area contributed by atoms with Crippen molar-refractivity contribution in [1.82, 2.24) is 20.7 Å². The van der Waals surface area contributed by atoms with E-state index in [0.29, 0.717) is 18.4 Å². The highest BCUT2D eigenvalue weighted by Crippen LogP contribution is 2.46. The number of nitrogens with one attached hydrogen (secondary N) is 2. The Morgan fingerprint density at radius 1 is 1.37 bits per heavy atom. The molecule has 0 atom stereocenters. The molecule has 1 saturated carbocycles. The zero-order valence-electron chi connectivity index (χ0n) is 9.98. The van der Waals surface area contributed by atoms with Gasteiger partial charge in [-0.05, 0) is 18.9 Å². The molecule has 0 bridgehead atoms. The number of hydrogen-bond donors (Lipinski definition) is 3. The van der Waals surface area contributed by atoms with E-state index in [1.807, 2.05) is 0 Å². The maximum atomic E-state index is 13.8. The highest BCUT2D eigenvalue weighted by Gasteiger charge is 2.47. The lowest BCUT2D eigenvalue weighted by Gasteiger charge is -2.17.